The van der Waals surface area contributed by atoms with Gasteiger partial charge >= 0.3 is 0 Å². The number of rotatable bonds is 3. The van der Waals surface area contributed by atoms with Crippen LogP contribution in [0.25, 0.3) is 11.3 Å². The normalized spacial score (nSPS) is 10.6. The molecule has 5 N–H and O–H groups in total. The Labute approximate surface area is 126 Å². The van der Waals surface area contributed by atoms with Crippen molar-refractivity contribution in [2.75, 3.05) is 5.73 Å². The highest BCUT2D eigenvalue weighted by Crippen LogP contribution is 2.38. The van der Waals surface area contributed by atoms with Gasteiger partial charge in [-0.05, 0) is 30.7 Å². The van der Waals surface area contributed by atoms with Crippen LogP contribution in [-0.4, -0.2) is 20.4 Å². The number of nitrogen functional groups attached to an aromatic ring is 1. The largest absolute Gasteiger partial charge is 0.508 e. The van der Waals surface area contributed by atoms with Crippen molar-refractivity contribution in [3.8, 4) is 34.3 Å². The average Bonchev–Trinajstić information content (AvgIpc) is 2.91. The Morgan fingerprint density at radius 2 is 1.91 bits per heavy atom. The summed E-state index contributed by atoms with van der Waals surface area (Å²) in [6, 6.07) is 9.67. The molecule has 22 heavy (non-hydrogen) atoms. The smallest absolute Gasteiger partial charge is 0.173 e. The van der Waals surface area contributed by atoms with E-state index in [4.69, 9.17) is 10.5 Å². The van der Waals surface area contributed by atoms with Gasteiger partial charge in [0.1, 0.15) is 22.9 Å². The Kier molecular flexibility index (Phi) is 3.34. The highest BCUT2D eigenvalue weighted by molar-refractivity contribution is 5.73. The summed E-state index contributed by atoms with van der Waals surface area (Å²) in [6.07, 6.45) is 1.59. The number of aromatic amines is 1. The summed E-state index contributed by atoms with van der Waals surface area (Å²) in [5, 5.41) is 26.2. The van der Waals surface area contributed by atoms with Crippen molar-refractivity contribution in [2.45, 2.75) is 6.92 Å². The first-order valence-corrected chi connectivity index (χ1v) is 6.64. The van der Waals surface area contributed by atoms with Crippen molar-refractivity contribution in [3.63, 3.8) is 0 Å². The number of phenolic OH excluding ortho intramolecular Hbond substituents is 2. The third-order valence-electron chi connectivity index (χ3n) is 3.27. The van der Waals surface area contributed by atoms with Gasteiger partial charge in [0.25, 0.3) is 0 Å². The summed E-state index contributed by atoms with van der Waals surface area (Å²) in [4.78, 5) is 0. The summed E-state index contributed by atoms with van der Waals surface area (Å²) in [5.74, 6) is 0.961. The van der Waals surface area contributed by atoms with E-state index in [1.54, 1.807) is 24.4 Å². The van der Waals surface area contributed by atoms with Crippen LogP contribution in [-0.2, 0) is 0 Å². The first-order chi connectivity index (χ1) is 10.5. The summed E-state index contributed by atoms with van der Waals surface area (Å²) in [6.45, 7) is 1.91. The van der Waals surface area contributed by atoms with Crippen LogP contribution in [0.15, 0.2) is 42.6 Å². The van der Waals surface area contributed by atoms with Crippen LogP contribution in [0, 0.1) is 6.92 Å². The molecule has 0 radical (unpaired) electrons. The quantitative estimate of drug-likeness (QED) is 0.556. The molecule has 3 rings (SSSR count). The molecule has 112 valence electrons. The van der Waals surface area contributed by atoms with Crippen LogP contribution < -0.4 is 10.5 Å². The van der Waals surface area contributed by atoms with Crippen LogP contribution in [0.2, 0.25) is 0 Å². The van der Waals surface area contributed by atoms with Crippen molar-refractivity contribution >= 4 is 5.69 Å². The predicted octanol–water partition coefficient (Wildman–Crippen LogP) is 3.17. The fourth-order valence-corrected chi connectivity index (χ4v) is 2.12. The maximum Gasteiger partial charge on any atom is 0.173 e. The number of hydrogen-bond acceptors (Lipinski definition) is 5. The van der Waals surface area contributed by atoms with Crippen LogP contribution in [0.5, 0.6) is 23.0 Å². The van der Waals surface area contributed by atoms with E-state index in [2.05, 4.69) is 10.2 Å². The Bertz CT molecular complexity index is 827. The molecule has 6 heteroatoms. The van der Waals surface area contributed by atoms with Gasteiger partial charge in [0.05, 0.1) is 6.20 Å². The predicted molar refractivity (Wildman–Crippen MR) is 83.0 cm³/mol. The Morgan fingerprint density at radius 1 is 1.09 bits per heavy atom. The maximum atomic E-state index is 9.96. The van der Waals surface area contributed by atoms with Gasteiger partial charge in [-0.3, -0.25) is 5.10 Å². The molecule has 6 nitrogen and oxygen atoms in total. The second-order valence-corrected chi connectivity index (χ2v) is 4.93. The average molecular weight is 297 g/mol. The molecular formula is C16H15N3O3. The van der Waals surface area contributed by atoms with Gasteiger partial charge < -0.3 is 20.7 Å². The highest BCUT2D eigenvalue weighted by atomic mass is 16.5. The number of nitrogens with one attached hydrogen (secondary N) is 1. The van der Waals surface area contributed by atoms with Gasteiger partial charge in [-0.1, -0.05) is 6.07 Å². The number of H-pyrrole nitrogens is 1. The molecule has 0 unspecified atom stereocenters. The van der Waals surface area contributed by atoms with E-state index < -0.39 is 0 Å². The van der Waals surface area contributed by atoms with E-state index in [1.165, 1.54) is 12.1 Å². The van der Waals surface area contributed by atoms with Gasteiger partial charge in [0, 0.05) is 23.4 Å². The molecule has 0 aliphatic rings. The van der Waals surface area contributed by atoms with Gasteiger partial charge in [0.15, 0.2) is 5.75 Å². The molecule has 0 atom stereocenters. The first-order valence-electron chi connectivity index (χ1n) is 6.64. The van der Waals surface area contributed by atoms with Crippen LogP contribution >= 0.6 is 0 Å². The van der Waals surface area contributed by atoms with Crippen LogP contribution in [0.4, 0.5) is 5.69 Å². The summed E-state index contributed by atoms with van der Waals surface area (Å²) < 4.78 is 5.85. The molecule has 2 aromatic carbocycles. The molecule has 3 aromatic rings. The monoisotopic (exact) mass is 297 g/mol. The fraction of sp³-hybridized carbons (Fsp3) is 0.0625. The fourth-order valence-electron chi connectivity index (χ4n) is 2.12. The second kappa shape index (κ2) is 5.33. The van der Waals surface area contributed by atoms with Crippen molar-refractivity contribution in [2.24, 2.45) is 0 Å². The van der Waals surface area contributed by atoms with E-state index in [0.717, 1.165) is 5.56 Å². The van der Waals surface area contributed by atoms with Crippen molar-refractivity contribution in [3.05, 3.63) is 48.2 Å². The number of aromatic hydroxyl groups is 2. The third-order valence-corrected chi connectivity index (χ3v) is 3.27. The molecule has 0 amide bonds. The molecule has 0 fully saturated rings. The molecule has 0 saturated heterocycles. The zero-order valence-corrected chi connectivity index (χ0v) is 11.9. The zero-order valence-electron chi connectivity index (χ0n) is 11.9. The first kappa shape index (κ1) is 13.8. The number of phenols is 2. The van der Waals surface area contributed by atoms with Gasteiger partial charge in [0.2, 0.25) is 0 Å². The SMILES string of the molecule is Cc1ccc(N)cc1Oc1c[nH]nc1-c1ccc(O)cc1O. The van der Waals surface area contributed by atoms with Crippen LogP contribution in [0.1, 0.15) is 5.56 Å². The number of nitrogens with zero attached hydrogens (tertiary/aromatic N) is 1. The molecule has 0 bridgehead atoms. The Morgan fingerprint density at radius 3 is 2.68 bits per heavy atom. The lowest BCUT2D eigenvalue weighted by molar-refractivity contribution is 0.450. The minimum atomic E-state index is -0.0822. The lowest BCUT2D eigenvalue weighted by Crippen LogP contribution is -1.92. The van der Waals surface area contributed by atoms with Crippen molar-refractivity contribution in [1.29, 1.82) is 0 Å². The number of anilines is 1. The maximum absolute atomic E-state index is 9.96. The van der Waals surface area contributed by atoms with E-state index in [0.29, 0.717) is 28.4 Å². The van der Waals surface area contributed by atoms with Crippen molar-refractivity contribution in [1.82, 2.24) is 10.2 Å². The lowest BCUT2D eigenvalue weighted by atomic mass is 10.1. The number of nitrogens with two attached hydrogens (primary N) is 1. The summed E-state index contributed by atoms with van der Waals surface area (Å²) in [5.41, 5.74) is 8.20. The summed E-state index contributed by atoms with van der Waals surface area (Å²) >= 11 is 0. The minimum absolute atomic E-state index is 0.0223. The molecule has 1 heterocycles. The minimum Gasteiger partial charge on any atom is -0.508 e. The molecule has 1 aromatic heterocycles. The van der Waals surface area contributed by atoms with Gasteiger partial charge in [-0.25, -0.2) is 0 Å². The Hall–Kier alpha value is -3.15. The molecule has 0 saturated carbocycles. The van der Waals surface area contributed by atoms with Crippen molar-refractivity contribution < 1.29 is 14.9 Å². The number of aromatic nitrogens is 2. The van der Waals surface area contributed by atoms with Gasteiger partial charge in [-0.15, -0.1) is 0 Å². The number of ether oxygens (including phenoxy) is 1. The topological polar surface area (TPSA) is 104 Å². The zero-order chi connectivity index (χ0) is 15.7. The van der Waals surface area contributed by atoms with Gasteiger partial charge in [-0.2, -0.15) is 5.10 Å². The van der Waals surface area contributed by atoms with E-state index in [1.807, 2.05) is 13.0 Å². The lowest BCUT2D eigenvalue weighted by Gasteiger charge is -2.10. The summed E-state index contributed by atoms with van der Waals surface area (Å²) in [7, 11) is 0. The van der Waals surface area contributed by atoms with E-state index in [9.17, 15) is 10.2 Å². The molecule has 0 spiro atoms. The van der Waals surface area contributed by atoms with E-state index in [-0.39, 0.29) is 11.5 Å². The second-order valence-electron chi connectivity index (χ2n) is 4.93. The number of benzene rings is 2. The number of hydrogen-bond donors (Lipinski definition) is 4. The molecule has 0 aliphatic carbocycles. The standard InChI is InChI=1S/C16H15N3O3/c1-9-2-3-10(17)6-14(9)22-15-8-18-19-16(15)12-5-4-11(20)7-13(12)21/h2-8,20-21H,17H2,1H3,(H,18,19). The molecular weight excluding hydrogens is 282 g/mol. The Balaban J connectivity index is 2.00. The van der Waals surface area contributed by atoms with E-state index >= 15 is 0 Å². The highest BCUT2D eigenvalue weighted by Gasteiger charge is 2.15. The molecule has 0 aliphatic heterocycles. The van der Waals surface area contributed by atoms with Crippen LogP contribution in [0.3, 0.4) is 0 Å². The number of aryl methyl sites for hydroxylation is 1. The third kappa shape index (κ3) is 2.54.